The summed E-state index contributed by atoms with van der Waals surface area (Å²) in [5, 5.41) is 8.88. The zero-order valence-corrected chi connectivity index (χ0v) is 13.9. The Kier molecular flexibility index (Phi) is 4.39. The first kappa shape index (κ1) is 15.3. The Balaban J connectivity index is 2.14. The van der Waals surface area contributed by atoms with Gasteiger partial charge in [-0.2, -0.15) is 0 Å². The summed E-state index contributed by atoms with van der Waals surface area (Å²) in [6.07, 6.45) is 0. The molecule has 2 rings (SSSR count). The van der Waals surface area contributed by atoms with Gasteiger partial charge in [-0.25, -0.2) is 9.07 Å². The third-order valence-electron chi connectivity index (χ3n) is 2.71. The number of nitrogens with two attached hydrogens (primary N) is 1. The largest absolute Gasteiger partial charge is 0.336 e. The average Bonchev–Trinajstić information content (AvgIpc) is 2.69. The Bertz CT molecular complexity index is 621. The molecule has 0 aliphatic heterocycles. The molecule has 0 saturated carbocycles. The molecule has 1 aromatic heterocycles. The van der Waals surface area contributed by atoms with Crippen molar-refractivity contribution in [3.63, 3.8) is 0 Å². The van der Waals surface area contributed by atoms with Gasteiger partial charge in [0.25, 0.3) is 0 Å². The molecule has 1 heterocycles. The van der Waals surface area contributed by atoms with Gasteiger partial charge in [-0.1, -0.05) is 54.5 Å². The predicted octanol–water partition coefficient (Wildman–Crippen LogP) is 3.48. The molecule has 0 radical (unpaired) electrons. The number of halogens is 2. The first-order valence-electron chi connectivity index (χ1n) is 6.06. The fourth-order valence-corrected chi connectivity index (χ4v) is 3.20. The van der Waals surface area contributed by atoms with E-state index in [1.165, 1.54) is 28.6 Å². The van der Waals surface area contributed by atoms with Crippen molar-refractivity contribution in [1.82, 2.24) is 14.9 Å². The van der Waals surface area contributed by atoms with E-state index < -0.39 is 0 Å². The van der Waals surface area contributed by atoms with Gasteiger partial charge in [-0.3, -0.25) is 0 Å². The van der Waals surface area contributed by atoms with E-state index in [9.17, 15) is 4.39 Å². The molecule has 4 nitrogen and oxygen atoms in total. The summed E-state index contributed by atoms with van der Waals surface area (Å²) in [7, 11) is 0. The van der Waals surface area contributed by atoms with E-state index in [4.69, 9.17) is 5.84 Å². The van der Waals surface area contributed by atoms with Crippen LogP contribution in [0.2, 0.25) is 0 Å². The maximum Gasteiger partial charge on any atom is 0.210 e. The summed E-state index contributed by atoms with van der Waals surface area (Å²) in [6, 6.07) is 4.63. The van der Waals surface area contributed by atoms with Gasteiger partial charge in [0.2, 0.25) is 5.16 Å². The van der Waals surface area contributed by atoms with Crippen molar-refractivity contribution in [2.75, 3.05) is 5.84 Å². The smallest absolute Gasteiger partial charge is 0.210 e. The monoisotopic (exact) mass is 358 g/mol. The SMILES string of the molecule is CC(C)(C)c1nnc(SCc2ccc(F)cc2Br)n1N. The highest BCUT2D eigenvalue weighted by Crippen LogP contribution is 2.28. The van der Waals surface area contributed by atoms with E-state index in [2.05, 4.69) is 26.1 Å². The zero-order chi connectivity index (χ0) is 14.9. The molecule has 0 aliphatic carbocycles. The minimum Gasteiger partial charge on any atom is -0.336 e. The number of nitrogen functional groups attached to an aromatic ring is 1. The highest BCUT2D eigenvalue weighted by atomic mass is 79.9. The van der Waals surface area contributed by atoms with E-state index in [-0.39, 0.29) is 11.2 Å². The average molecular weight is 359 g/mol. The number of thioether (sulfide) groups is 1. The maximum absolute atomic E-state index is 13.0. The van der Waals surface area contributed by atoms with Crippen LogP contribution in [-0.2, 0) is 11.2 Å². The molecule has 0 unspecified atom stereocenters. The summed E-state index contributed by atoms with van der Waals surface area (Å²) in [5.74, 6) is 7.13. The number of hydrogen-bond donors (Lipinski definition) is 1. The molecule has 0 bridgehead atoms. The lowest BCUT2D eigenvalue weighted by Gasteiger charge is -2.16. The predicted molar refractivity (Wildman–Crippen MR) is 82.5 cm³/mol. The molecule has 108 valence electrons. The van der Waals surface area contributed by atoms with Crippen molar-refractivity contribution in [3.05, 3.63) is 39.9 Å². The van der Waals surface area contributed by atoms with Gasteiger partial charge in [0.1, 0.15) is 5.82 Å². The third-order valence-corrected chi connectivity index (χ3v) is 4.44. The number of aromatic nitrogens is 3. The quantitative estimate of drug-likeness (QED) is 0.673. The van der Waals surface area contributed by atoms with Crippen LogP contribution in [-0.4, -0.2) is 14.9 Å². The second kappa shape index (κ2) is 5.73. The first-order chi connectivity index (χ1) is 9.29. The molecule has 0 amide bonds. The van der Waals surface area contributed by atoms with Gasteiger partial charge >= 0.3 is 0 Å². The molecular formula is C13H16BrFN4S. The van der Waals surface area contributed by atoms with Crippen LogP contribution in [0.1, 0.15) is 32.2 Å². The summed E-state index contributed by atoms with van der Waals surface area (Å²) < 4.78 is 15.3. The van der Waals surface area contributed by atoms with Crippen LogP contribution in [0, 0.1) is 5.82 Å². The Morgan fingerprint density at radius 3 is 2.60 bits per heavy atom. The highest BCUT2D eigenvalue weighted by Gasteiger charge is 2.23. The Morgan fingerprint density at radius 1 is 1.35 bits per heavy atom. The molecular weight excluding hydrogens is 343 g/mol. The van der Waals surface area contributed by atoms with Crippen molar-refractivity contribution in [3.8, 4) is 0 Å². The van der Waals surface area contributed by atoms with Crippen LogP contribution >= 0.6 is 27.7 Å². The van der Waals surface area contributed by atoms with Crippen molar-refractivity contribution >= 4 is 27.7 Å². The topological polar surface area (TPSA) is 56.7 Å². The van der Waals surface area contributed by atoms with Crippen LogP contribution < -0.4 is 5.84 Å². The summed E-state index contributed by atoms with van der Waals surface area (Å²) in [4.78, 5) is 0. The summed E-state index contributed by atoms with van der Waals surface area (Å²) in [6.45, 7) is 6.10. The Hall–Kier alpha value is -1.08. The molecule has 2 aromatic rings. The van der Waals surface area contributed by atoms with Crippen LogP contribution in [0.15, 0.2) is 27.8 Å². The van der Waals surface area contributed by atoms with Gasteiger partial charge in [-0.05, 0) is 17.7 Å². The van der Waals surface area contributed by atoms with E-state index in [0.717, 1.165) is 15.9 Å². The minimum absolute atomic E-state index is 0.156. The summed E-state index contributed by atoms with van der Waals surface area (Å²) in [5.41, 5.74) is 0.827. The van der Waals surface area contributed by atoms with Crippen LogP contribution in [0.5, 0.6) is 0 Å². The van der Waals surface area contributed by atoms with E-state index in [1.54, 1.807) is 6.07 Å². The van der Waals surface area contributed by atoms with Crippen molar-refractivity contribution in [2.45, 2.75) is 37.1 Å². The lowest BCUT2D eigenvalue weighted by atomic mass is 9.96. The van der Waals surface area contributed by atoms with E-state index in [1.807, 2.05) is 20.8 Å². The molecule has 7 heteroatoms. The number of nitrogens with zero attached hydrogens (tertiary/aromatic N) is 3. The first-order valence-corrected chi connectivity index (χ1v) is 7.84. The van der Waals surface area contributed by atoms with Crippen molar-refractivity contribution < 1.29 is 4.39 Å². The fourth-order valence-electron chi connectivity index (χ4n) is 1.67. The second-order valence-electron chi connectivity index (χ2n) is 5.45. The van der Waals surface area contributed by atoms with Crippen molar-refractivity contribution in [1.29, 1.82) is 0 Å². The molecule has 0 aliphatic rings. The van der Waals surface area contributed by atoms with Gasteiger partial charge < -0.3 is 5.84 Å². The summed E-state index contributed by atoms with van der Waals surface area (Å²) >= 11 is 4.82. The third kappa shape index (κ3) is 3.32. The maximum atomic E-state index is 13.0. The Morgan fingerprint density at radius 2 is 2.05 bits per heavy atom. The second-order valence-corrected chi connectivity index (χ2v) is 7.25. The minimum atomic E-state index is -0.261. The van der Waals surface area contributed by atoms with Gasteiger partial charge in [0.05, 0.1) is 0 Å². The molecule has 20 heavy (non-hydrogen) atoms. The van der Waals surface area contributed by atoms with Crippen molar-refractivity contribution in [2.24, 2.45) is 0 Å². The molecule has 0 spiro atoms. The molecule has 0 saturated heterocycles. The van der Waals surface area contributed by atoms with Gasteiger partial charge in [-0.15, -0.1) is 10.2 Å². The van der Waals surface area contributed by atoms with E-state index in [0.29, 0.717) is 10.9 Å². The zero-order valence-electron chi connectivity index (χ0n) is 11.5. The van der Waals surface area contributed by atoms with Crippen LogP contribution in [0.4, 0.5) is 4.39 Å². The van der Waals surface area contributed by atoms with Gasteiger partial charge in [0, 0.05) is 15.6 Å². The van der Waals surface area contributed by atoms with Gasteiger partial charge in [0.15, 0.2) is 5.82 Å². The number of rotatable bonds is 3. The standard InChI is InChI=1S/C13H16BrFN4S/c1-13(2,3)11-17-18-12(19(11)16)20-7-8-4-5-9(15)6-10(8)14/h4-6H,7,16H2,1-3H3. The normalized spacial score (nSPS) is 11.8. The van der Waals surface area contributed by atoms with Crippen LogP contribution in [0.25, 0.3) is 0 Å². The molecule has 0 atom stereocenters. The Labute approximate surface area is 130 Å². The molecule has 1 aromatic carbocycles. The fraction of sp³-hybridized carbons (Fsp3) is 0.385. The molecule has 0 fully saturated rings. The lowest BCUT2D eigenvalue weighted by molar-refractivity contribution is 0.523. The van der Waals surface area contributed by atoms with E-state index >= 15 is 0 Å². The number of benzene rings is 1. The molecule has 2 N–H and O–H groups in total. The lowest BCUT2D eigenvalue weighted by Crippen LogP contribution is -2.24. The highest BCUT2D eigenvalue weighted by molar-refractivity contribution is 9.10. The van der Waals surface area contributed by atoms with Crippen LogP contribution in [0.3, 0.4) is 0 Å². The number of hydrogen-bond acceptors (Lipinski definition) is 4.